The van der Waals surface area contributed by atoms with Gasteiger partial charge >= 0.3 is 39.5 Å². The lowest BCUT2D eigenvalue weighted by atomic mass is 10.0. The molecular weight excluding hydrogens is 1310 g/mol. The first-order valence-electron chi connectivity index (χ1n) is 41.7. The third kappa shape index (κ3) is 74.3. The molecule has 0 rings (SSSR count). The lowest BCUT2D eigenvalue weighted by Crippen LogP contribution is -2.30. The summed E-state index contributed by atoms with van der Waals surface area (Å²) >= 11 is 0. The molecule has 0 aromatic carbocycles. The molecule has 0 spiro atoms. The highest BCUT2D eigenvalue weighted by Crippen LogP contribution is 2.45. The molecule has 0 aliphatic rings. The van der Waals surface area contributed by atoms with Crippen LogP contribution in [0.3, 0.4) is 0 Å². The molecule has 19 heteroatoms. The molecular formula is C81H158O17P2. The molecule has 3 N–H and O–H groups in total. The monoisotopic (exact) mass is 1470 g/mol. The van der Waals surface area contributed by atoms with Gasteiger partial charge in [-0.15, -0.1) is 0 Å². The number of phosphoric acid groups is 2. The Bertz CT molecular complexity index is 1950. The lowest BCUT2D eigenvalue weighted by Gasteiger charge is -2.21. The van der Waals surface area contributed by atoms with E-state index in [1.807, 2.05) is 0 Å². The molecule has 17 nitrogen and oxygen atoms in total. The van der Waals surface area contributed by atoms with E-state index in [0.717, 1.165) is 114 Å². The van der Waals surface area contributed by atoms with E-state index in [1.165, 1.54) is 218 Å². The summed E-state index contributed by atoms with van der Waals surface area (Å²) in [5.74, 6) is 0.983. The van der Waals surface area contributed by atoms with E-state index >= 15 is 0 Å². The summed E-state index contributed by atoms with van der Waals surface area (Å²) in [6.07, 6.45) is 56.9. The highest BCUT2D eigenvalue weighted by atomic mass is 31.2. The lowest BCUT2D eigenvalue weighted by molar-refractivity contribution is -0.161. The van der Waals surface area contributed by atoms with E-state index in [2.05, 4.69) is 55.4 Å². The van der Waals surface area contributed by atoms with E-state index in [1.54, 1.807) is 0 Å². The fourth-order valence-corrected chi connectivity index (χ4v) is 14.0. The summed E-state index contributed by atoms with van der Waals surface area (Å²) in [6.45, 7) is 14.3. The van der Waals surface area contributed by atoms with Crippen molar-refractivity contribution in [2.45, 2.75) is 433 Å². The number of carbonyl (C=O) groups excluding carboxylic acids is 4. The van der Waals surface area contributed by atoms with Crippen LogP contribution in [0, 0.1) is 23.7 Å². The Hall–Kier alpha value is -1.94. The predicted molar refractivity (Wildman–Crippen MR) is 409 cm³/mol. The number of rotatable bonds is 78. The van der Waals surface area contributed by atoms with Crippen molar-refractivity contribution in [1.29, 1.82) is 0 Å². The summed E-state index contributed by atoms with van der Waals surface area (Å²) in [4.78, 5) is 73.0. The smallest absolute Gasteiger partial charge is 0.462 e. The number of esters is 4. The van der Waals surface area contributed by atoms with Gasteiger partial charge in [-0.25, -0.2) is 9.13 Å². The molecule has 0 bridgehead atoms. The van der Waals surface area contributed by atoms with E-state index in [-0.39, 0.29) is 25.7 Å². The number of hydrogen-bond acceptors (Lipinski definition) is 15. The van der Waals surface area contributed by atoms with Crippen LogP contribution in [-0.4, -0.2) is 96.7 Å². The molecule has 0 aliphatic heterocycles. The summed E-state index contributed by atoms with van der Waals surface area (Å²) in [5, 5.41) is 10.6. The van der Waals surface area contributed by atoms with Gasteiger partial charge in [0.15, 0.2) is 12.2 Å². The van der Waals surface area contributed by atoms with Crippen LogP contribution in [0.5, 0.6) is 0 Å². The van der Waals surface area contributed by atoms with Gasteiger partial charge in [-0.1, -0.05) is 364 Å². The number of ether oxygens (including phenoxy) is 4. The zero-order valence-corrected chi connectivity index (χ0v) is 67.6. The average molecular weight is 1470 g/mol. The van der Waals surface area contributed by atoms with Gasteiger partial charge in [0.1, 0.15) is 19.3 Å². The quantitative estimate of drug-likeness (QED) is 0.0222. The fourth-order valence-electron chi connectivity index (χ4n) is 12.4. The van der Waals surface area contributed by atoms with Crippen LogP contribution in [-0.2, 0) is 65.4 Å². The SMILES string of the molecule is CC(C)CCCCCCCCCCCCCCCCCCC(=O)O[C@H](COC(=O)CCCCCCCCCCCCCCCC(C)C)COP(=O)(O)OC[C@@H](O)COP(=O)(O)OC[C@@H](COC(=O)CCCCCCCCCCCC(C)C)OC(=O)CCCCCCCCCCCCC(C)C. The Kier molecular flexibility index (Phi) is 68.7. The Morgan fingerprint density at radius 2 is 0.420 bits per heavy atom. The molecule has 0 aromatic heterocycles. The average Bonchev–Trinajstić information content (AvgIpc) is 0.913. The normalized spacial score (nSPS) is 14.0. The molecule has 0 amide bonds. The summed E-state index contributed by atoms with van der Waals surface area (Å²) in [6, 6.07) is 0. The van der Waals surface area contributed by atoms with Crippen molar-refractivity contribution in [2.75, 3.05) is 39.6 Å². The second-order valence-corrected chi connectivity index (χ2v) is 34.0. The summed E-state index contributed by atoms with van der Waals surface area (Å²) in [5.41, 5.74) is 0. The molecule has 5 atom stereocenters. The zero-order valence-electron chi connectivity index (χ0n) is 65.8. The summed E-state index contributed by atoms with van der Waals surface area (Å²) in [7, 11) is -9.92. The first-order valence-corrected chi connectivity index (χ1v) is 44.7. The number of aliphatic hydroxyl groups is 1. The third-order valence-corrected chi connectivity index (χ3v) is 20.7. The van der Waals surface area contributed by atoms with Crippen molar-refractivity contribution in [2.24, 2.45) is 23.7 Å². The van der Waals surface area contributed by atoms with Crippen molar-refractivity contribution in [3.05, 3.63) is 0 Å². The van der Waals surface area contributed by atoms with Crippen molar-refractivity contribution in [3.8, 4) is 0 Å². The van der Waals surface area contributed by atoms with Crippen LogP contribution >= 0.6 is 15.6 Å². The second kappa shape index (κ2) is 70.1. The van der Waals surface area contributed by atoms with Gasteiger partial charge in [-0.05, 0) is 49.4 Å². The molecule has 0 fully saturated rings. The Morgan fingerprint density at radius 3 is 0.620 bits per heavy atom. The van der Waals surface area contributed by atoms with Gasteiger partial charge in [0.05, 0.1) is 26.4 Å². The first kappa shape index (κ1) is 98.1. The Labute approximate surface area is 613 Å². The number of aliphatic hydroxyl groups excluding tert-OH is 1. The molecule has 0 aliphatic carbocycles. The first-order chi connectivity index (χ1) is 48.1. The maximum atomic E-state index is 13.1. The van der Waals surface area contributed by atoms with E-state index < -0.39 is 97.5 Å². The van der Waals surface area contributed by atoms with Gasteiger partial charge in [0, 0.05) is 25.7 Å². The number of carbonyl (C=O) groups is 4. The van der Waals surface area contributed by atoms with Crippen LogP contribution in [0.4, 0.5) is 0 Å². The molecule has 100 heavy (non-hydrogen) atoms. The van der Waals surface area contributed by atoms with Crippen LogP contribution in [0.25, 0.3) is 0 Å². The second-order valence-electron chi connectivity index (χ2n) is 31.1. The maximum absolute atomic E-state index is 13.1. The highest BCUT2D eigenvalue weighted by Gasteiger charge is 2.30. The van der Waals surface area contributed by atoms with Crippen LogP contribution in [0.15, 0.2) is 0 Å². The Morgan fingerprint density at radius 1 is 0.250 bits per heavy atom. The van der Waals surface area contributed by atoms with E-state index in [0.29, 0.717) is 25.7 Å². The van der Waals surface area contributed by atoms with E-state index in [4.69, 9.17) is 37.0 Å². The molecule has 0 radical (unpaired) electrons. The van der Waals surface area contributed by atoms with Crippen molar-refractivity contribution < 1.29 is 80.2 Å². The van der Waals surface area contributed by atoms with Crippen LogP contribution in [0.2, 0.25) is 0 Å². The largest absolute Gasteiger partial charge is 0.472 e. The predicted octanol–water partition coefficient (Wildman–Crippen LogP) is 24.0. The topological polar surface area (TPSA) is 237 Å². The molecule has 0 saturated heterocycles. The van der Waals surface area contributed by atoms with Gasteiger partial charge in [-0.3, -0.25) is 37.3 Å². The minimum atomic E-state index is -4.96. The van der Waals surface area contributed by atoms with E-state index in [9.17, 15) is 43.2 Å². The molecule has 2 unspecified atom stereocenters. The minimum Gasteiger partial charge on any atom is -0.462 e. The van der Waals surface area contributed by atoms with Gasteiger partial charge in [0.2, 0.25) is 0 Å². The zero-order chi connectivity index (χ0) is 73.8. The number of phosphoric ester groups is 2. The standard InChI is InChI=1S/C81H158O17P2/c1-71(2)57-49-41-33-25-18-14-11-9-10-12-16-21-30-39-47-55-63-80(85)97-76(67-91-78(83)61-53-45-37-29-20-17-13-15-19-26-34-42-50-58-72(3)4)69-95-99(87,88)93-65-75(82)66-94-100(89,90)96-70-77(68-92-79(84)62-54-46-38-32-24-28-36-44-52-60-74(7)8)98-81(86)64-56-48-40-31-23-22-27-35-43-51-59-73(5)6/h71-77,82H,9-70H2,1-8H3,(H,87,88)(H,89,90)/t75-,76-,77-/m1/s1. The van der Waals surface area contributed by atoms with Crippen LogP contribution < -0.4 is 0 Å². The molecule has 594 valence electrons. The molecule has 0 heterocycles. The van der Waals surface area contributed by atoms with Crippen LogP contribution in [0.1, 0.15) is 415 Å². The maximum Gasteiger partial charge on any atom is 0.472 e. The highest BCUT2D eigenvalue weighted by molar-refractivity contribution is 7.47. The third-order valence-electron chi connectivity index (χ3n) is 18.8. The molecule has 0 aromatic rings. The Balaban J connectivity index is 5.26. The van der Waals surface area contributed by atoms with Gasteiger partial charge < -0.3 is 33.8 Å². The minimum absolute atomic E-state index is 0.105. The van der Waals surface area contributed by atoms with Crippen molar-refractivity contribution in [3.63, 3.8) is 0 Å². The fraction of sp³-hybridized carbons (Fsp3) is 0.951. The number of unbranched alkanes of at least 4 members (excludes halogenated alkanes) is 44. The van der Waals surface area contributed by atoms with Crippen molar-refractivity contribution in [1.82, 2.24) is 0 Å². The van der Waals surface area contributed by atoms with Gasteiger partial charge in [-0.2, -0.15) is 0 Å². The number of hydrogen-bond donors (Lipinski definition) is 3. The summed E-state index contributed by atoms with van der Waals surface area (Å²) < 4.78 is 68.7. The van der Waals surface area contributed by atoms with Crippen molar-refractivity contribution >= 4 is 39.5 Å². The molecule has 0 saturated carbocycles. The van der Waals surface area contributed by atoms with Gasteiger partial charge in [0.25, 0.3) is 0 Å².